The lowest BCUT2D eigenvalue weighted by atomic mass is 9.90. The zero-order chi connectivity index (χ0) is 7.61. The fourth-order valence-electron chi connectivity index (χ4n) is 1.30. The zero-order valence-corrected chi connectivity index (χ0v) is 6.74. The van der Waals surface area contributed by atoms with E-state index in [9.17, 15) is 0 Å². The molecule has 2 nitrogen and oxygen atoms in total. The van der Waals surface area contributed by atoms with E-state index < -0.39 is 0 Å². The highest BCUT2D eigenvalue weighted by atomic mass is 16.5. The van der Waals surface area contributed by atoms with Crippen molar-refractivity contribution in [3.63, 3.8) is 0 Å². The fourth-order valence-corrected chi connectivity index (χ4v) is 1.30. The van der Waals surface area contributed by atoms with Crippen molar-refractivity contribution in [3.8, 4) is 0 Å². The van der Waals surface area contributed by atoms with Gasteiger partial charge in [0.25, 0.3) is 0 Å². The number of methoxy groups -OCH3 is 1. The molecule has 58 valence electrons. The first-order chi connectivity index (χ1) is 4.68. The molecule has 0 aromatic rings. The quantitative estimate of drug-likeness (QED) is 0.591. The van der Waals surface area contributed by atoms with Crippen molar-refractivity contribution < 1.29 is 4.74 Å². The van der Waals surface area contributed by atoms with Gasteiger partial charge < -0.3 is 10.1 Å². The molecule has 1 N–H and O–H groups in total. The third kappa shape index (κ3) is 1.39. The molecule has 0 unspecified atom stereocenters. The normalized spacial score (nSPS) is 21.8. The van der Waals surface area contributed by atoms with Gasteiger partial charge in [-0.25, -0.2) is 0 Å². The Labute approximate surface area is 62.3 Å². The molecule has 0 saturated carbocycles. The molecule has 1 rings (SSSR count). The van der Waals surface area contributed by atoms with Gasteiger partial charge >= 0.3 is 0 Å². The molecule has 1 aliphatic rings. The lowest BCUT2D eigenvalue weighted by Crippen LogP contribution is -2.60. The minimum Gasteiger partial charge on any atom is -0.375 e. The van der Waals surface area contributed by atoms with Crippen LogP contribution < -0.4 is 5.32 Å². The highest BCUT2D eigenvalue weighted by Gasteiger charge is 2.36. The van der Waals surface area contributed by atoms with Crippen LogP contribution in [0.3, 0.4) is 0 Å². The number of rotatable bonds is 3. The van der Waals surface area contributed by atoms with Crippen molar-refractivity contribution >= 4 is 0 Å². The minimum atomic E-state index is 0.0752. The van der Waals surface area contributed by atoms with Crippen LogP contribution in [0.5, 0.6) is 0 Å². The van der Waals surface area contributed by atoms with Crippen LogP contribution in [0.15, 0.2) is 12.2 Å². The number of hydrogen-bond acceptors (Lipinski definition) is 2. The lowest BCUT2D eigenvalue weighted by molar-refractivity contribution is -0.0500. The molecule has 1 saturated heterocycles. The van der Waals surface area contributed by atoms with Crippen molar-refractivity contribution in [2.75, 3.05) is 20.2 Å². The molecule has 2 heteroatoms. The summed E-state index contributed by atoms with van der Waals surface area (Å²) in [6.07, 6.45) is 0.983. The number of ether oxygens (including phenoxy) is 1. The monoisotopic (exact) mass is 141 g/mol. The van der Waals surface area contributed by atoms with Crippen LogP contribution in [0, 0.1) is 0 Å². The maximum atomic E-state index is 5.36. The second-order valence-electron chi connectivity index (χ2n) is 3.12. The standard InChI is InChI=1S/C8H15NO/c1-7(2)4-8(10-3)5-9-6-8/h9H,1,4-6H2,2-3H3. The Bertz CT molecular complexity index is 133. The largest absolute Gasteiger partial charge is 0.375 e. The maximum absolute atomic E-state index is 5.36. The predicted molar refractivity (Wildman–Crippen MR) is 42.0 cm³/mol. The first-order valence-corrected chi connectivity index (χ1v) is 3.59. The number of nitrogens with one attached hydrogen (secondary N) is 1. The van der Waals surface area contributed by atoms with Crippen LogP contribution in [0.2, 0.25) is 0 Å². The van der Waals surface area contributed by atoms with E-state index in [1.54, 1.807) is 7.11 Å². The fraction of sp³-hybridized carbons (Fsp3) is 0.750. The summed E-state index contributed by atoms with van der Waals surface area (Å²) in [5.74, 6) is 0. The number of hydrogen-bond donors (Lipinski definition) is 1. The van der Waals surface area contributed by atoms with Gasteiger partial charge in [0, 0.05) is 20.2 Å². The van der Waals surface area contributed by atoms with E-state index in [0.717, 1.165) is 19.5 Å². The predicted octanol–water partition coefficient (Wildman–Crippen LogP) is 0.941. The third-order valence-electron chi connectivity index (χ3n) is 1.95. The molecule has 0 spiro atoms. The molecule has 1 fully saturated rings. The smallest absolute Gasteiger partial charge is 0.0962 e. The van der Waals surface area contributed by atoms with E-state index >= 15 is 0 Å². The molecule has 1 heterocycles. The Hall–Kier alpha value is -0.340. The molecule has 1 aliphatic heterocycles. The molecular weight excluding hydrogens is 126 g/mol. The second kappa shape index (κ2) is 2.72. The summed E-state index contributed by atoms with van der Waals surface area (Å²) in [6, 6.07) is 0. The van der Waals surface area contributed by atoms with Gasteiger partial charge in [-0.1, -0.05) is 5.57 Å². The molecule has 10 heavy (non-hydrogen) atoms. The van der Waals surface area contributed by atoms with E-state index in [4.69, 9.17) is 4.74 Å². The summed E-state index contributed by atoms with van der Waals surface area (Å²) in [4.78, 5) is 0. The van der Waals surface area contributed by atoms with Crippen molar-refractivity contribution in [3.05, 3.63) is 12.2 Å². The van der Waals surface area contributed by atoms with Crippen molar-refractivity contribution in [2.24, 2.45) is 0 Å². The molecule has 0 aromatic heterocycles. The summed E-state index contributed by atoms with van der Waals surface area (Å²) in [5.41, 5.74) is 1.27. The molecule has 0 bridgehead atoms. The maximum Gasteiger partial charge on any atom is 0.0962 e. The third-order valence-corrected chi connectivity index (χ3v) is 1.95. The van der Waals surface area contributed by atoms with Crippen LogP contribution >= 0.6 is 0 Å². The SMILES string of the molecule is C=C(C)CC1(OC)CNC1. The average molecular weight is 141 g/mol. The van der Waals surface area contributed by atoms with Crippen LogP contribution in [0.25, 0.3) is 0 Å². The van der Waals surface area contributed by atoms with Crippen molar-refractivity contribution in [2.45, 2.75) is 18.9 Å². The van der Waals surface area contributed by atoms with Gasteiger partial charge in [-0.15, -0.1) is 6.58 Å². The van der Waals surface area contributed by atoms with Gasteiger partial charge in [0.1, 0.15) is 0 Å². The zero-order valence-electron chi connectivity index (χ0n) is 6.74. The lowest BCUT2D eigenvalue weighted by Gasteiger charge is -2.41. The highest BCUT2D eigenvalue weighted by molar-refractivity contribution is 5.05. The van der Waals surface area contributed by atoms with Crippen LogP contribution in [-0.4, -0.2) is 25.8 Å². The Kier molecular flexibility index (Phi) is 2.11. The van der Waals surface area contributed by atoms with E-state index in [0.29, 0.717) is 0 Å². The van der Waals surface area contributed by atoms with Gasteiger partial charge in [-0.05, 0) is 13.3 Å². The molecular formula is C8H15NO. The first kappa shape index (κ1) is 7.76. The van der Waals surface area contributed by atoms with Crippen LogP contribution in [0.1, 0.15) is 13.3 Å². The first-order valence-electron chi connectivity index (χ1n) is 3.59. The van der Waals surface area contributed by atoms with Gasteiger partial charge in [-0.3, -0.25) is 0 Å². The molecule has 0 amide bonds. The van der Waals surface area contributed by atoms with Gasteiger partial charge in [0.05, 0.1) is 5.60 Å². The summed E-state index contributed by atoms with van der Waals surface area (Å²) in [6.45, 7) is 7.84. The van der Waals surface area contributed by atoms with Crippen molar-refractivity contribution in [1.29, 1.82) is 0 Å². The Morgan fingerprint density at radius 3 is 2.40 bits per heavy atom. The average Bonchev–Trinajstić information content (AvgIpc) is 1.78. The molecule has 0 aromatic carbocycles. The van der Waals surface area contributed by atoms with Crippen LogP contribution in [0.4, 0.5) is 0 Å². The van der Waals surface area contributed by atoms with Crippen molar-refractivity contribution in [1.82, 2.24) is 5.32 Å². The van der Waals surface area contributed by atoms with E-state index in [1.165, 1.54) is 5.57 Å². The Balaban J connectivity index is 2.40. The van der Waals surface area contributed by atoms with Gasteiger partial charge in [0.2, 0.25) is 0 Å². The van der Waals surface area contributed by atoms with E-state index in [2.05, 4.69) is 11.9 Å². The highest BCUT2D eigenvalue weighted by Crippen LogP contribution is 2.23. The molecule has 0 aliphatic carbocycles. The topological polar surface area (TPSA) is 21.3 Å². The minimum absolute atomic E-state index is 0.0752. The van der Waals surface area contributed by atoms with E-state index in [1.807, 2.05) is 6.92 Å². The van der Waals surface area contributed by atoms with E-state index in [-0.39, 0.29) is 5.60 Å². The summed E-state index contributed by atoms with van der Waals surface area (Å²) in [5, 5.41) is 3.19. The second-order valence-corrected chi connectivity index (χ2v) is 3.12. The van der Waals surface area contributed by atoms with Gasteiger partial charge in [0.15, 0.2) is 0 Å². The van der Waals surface area contributed by atoms with Crippen LogP contribution in [-0.2, 0) is 4.74 Å². The van der Waals surface area contributed by atoms with Gasteiger partial charge in [-0.2, -0.15) is 0 Å². The summed E-state index contributed by atoms with van der Waals surface area (Å²) < 4.78 is 5.36. The summed E-state index contributed by atoms with van der Waals surface area (Å²) >= 11 is 0. The Morgan fingerprint density at radius 2 is 2.30 bits per heavy atom. The summed E-state index contributed by atoms with van der Waals surface area (Å²) in [7, 11) is 1.77. The Morgan fingerprint density at radius 1 is 1.70 bits per heavy atom. The molecule has 0 atom stereocenters. The molecule has 0 radical (unpaired) electrons.